The number of para-hydroxylation sites is 1. The van der Waals surface area contributed by atoms with Gasteiger partial charge in [-0.15, -0.1) is 0 Å². The number of hydrogen-bond acceptors (Lipinski definition) is 1. The standard InChI is InChI=1S/C7H5N.3Y/c1-8-7-5-3-2-4-6-7;;;/h1-5H;;;/q-2;;;. The van der Waals surface area contributed by atoms with E-state index in [9.17, 15) is 0 Å². The normalized spacial score (nSPS) is 6.18. The molecule has 0 heterocycles. The minimum absolute atomic E-state index is 0. The van der Waals surface area contributed by atoms with Crippen molar-refractivity contribution < 1.29 is 98.1 Å². The summed E-state index contributed by atoms with van der Waals surface area (Å²) in [4.78, 5) is 3.42. The molecule has 4 heteroatoms. The number of rotatable bonds is 1. The quantitative estimate of drug-likeness (QED) is 0.528. The van der Waals surface area contributed by atoms with Crippen LogP contribution in [0.25, 0.3) is 0 Å². The van der Waals surface area contributed by atoms with Crippen molar-refractivity contribution in [3.05, 3.63) is 30.3 Å². The van der Waals surface area contributed by atoms with Gasteiger partial charge in [-0.1, -0.05) is 0 Å². The molecule has 1 aromatic rings. The van der Waals surface area contributed by atoms with Crippen LogP contribution in [0.5, 0.6) is 0 Å². The molecule has 49 valence electrons. The zero-order valence-electron chi connectivity index (χ0n) is 6.07. The summed E-state index contributed by atoms with van der Waals surface area (Å²) in [5, 5.41) is 0. The Morgan fingerprint density at radius 2 is 1.82 bits per heavy atom. The molecule has 0 N–H and O–H groups in total. The van der Waals surface area contributed by atoms with Crippen LogP contribution in [0.3, 0.4) is 0 Å². The molecule has 0 saturated carbocycles. The van der Waals surface area contributed by atoms with Gasteiger partial charge in [0.25, 0.3) is 0 Å². The van der Waals surface area contributed by atoms with Gasteiger partial charge in [-0.3, -0.25) is 6.07 Å². The number of aliphatic imine (C=N–C) groups is 1. The van der Waals surface area contributed by atoms with E-state index in [-0.39, 0.29) is 98.1 Å². The predicted molar refractivity (Wildman–Crippen MR) is 33.4 cm³/mol. The van der Waals surface area contributed by atoms with E-state index < -0.39 is 0 Å². The molecule has 0 atom stereocenters. The van der Waals surface area contributed by atoms with Gasteiger partial charge in [0.2, 0.25) is 0 Å². The Bertz CT molecular complexity index is 176. The molecule has 0 saturated heterocycles. The van der Waals surface area contributed by atoms with Gasteiger partial charge in [-0.2, -0.15) is 24.9 Å². The van der Waals surface area contributed by atoms with E-state index in [2.05, 4.69) is 11.1 Å². The van der Waals surface area contributed by atoms with Crippen molar-refractivity contribution in [1.29, 1.82) is 0 Å². The van der Waals surface area contributed by atoms with E-state index in [4.69, 9.17) is 6.72 Å². The van der Waals surface area contributed by atoms with Gasteiger partial charge < -0.3 is 4.99 Å². The molecule has 3 radical (unpaired) electrons. The molecule has 0 aliphatic rings. The fourth-order valence-electron chi connectivity index (χ4n) is 0.464. The number of nitrogens with zero attached hydrogens (tertiary/aromatic N) is 1. The molecule has 1 aromatic carbocycles. The van der Waals surface area contributed by atoms with E-state index in [1.807, 2.05) is 12.1 Å². The molecule has 0 spiro atoms. The van der Waals surface area contributed by atoms with Gasteiger partial charge in [-0.05, 0) is 0 Å². The molecule has 11 heavy (non-hydrogen) atoms. The maximum Gasteiger partial charge on any atom is 0 e. The molecule has 0 aliphatic carbocycles. The van der Waals surface area contributed by atoms with Crippen LogP contribution in [-0.2, 0) is 98.1 Å². The monoisotopic (exact) mass is 370 g/mol. The van der Waals surface area contributed by atoms with E-state index in [0.717, 1.165) is 0 Å². The van der Waals surface area contributed by atoms with Gasteiger partial charge in [0.05, 0.1) is 0 Å². The fourth-order valence-corrected chi connectivity index (χ4v) is 0.464. The van der Waals surface area contributed by atoms with Crippen LogP contribution >= 0.6 is 0 Å². The molecule has 0 unspecified atom stereocenters. The Kier molecular flexibility index (Phi) is 20.9. The van der Waals surface area contributed by atoms with Gasteiger partial charge >= 0.3 is 0 Å². The zero-order chi connectivity index (χ0) is 5.82. The summed E-state index contributed by atoms with van der Waals surface area (Å²) < 4.78 is 0. The molecule has 0 aromatic heterocycles. The van der Waals surface area contributed by atoms with Crippen molar-refractivity contribution in [2.24, 2.45) is 4.99 Å². The molecular weight excluding hydrogens is 365 g/mol. The third kappa shape index (κ3) is 8.53. The maximum absolute atomic E-state index is 4.94. The van der Waals surface area contributed by atoms with Crippen LogP contribution in [0, 0.1) is 6.07 Å². The van der Waals surface area contributed by atoms with Crippen molar-refractivity contribution in [1.82, 2.24) is 0 Å². The molecule has 0 amide bonds. The molecule has 1 nitrogen and oxygen atoms in total. The van der Waals surface area contributed by atoms with Crippen LogP contribution in [0.2, 0.25) is 0 Å². The first-order valence-corrected chi connectivity index (χ1v) is 2.31. The van der Waals surface area contributed by atoms with Crippen LogP contribution < -0.4 is 0 Å². The molecule has 0 aliphatic heterocycles. The Morgan fingerprint density at radius 1 is 1.18 bits per heavy atom. The summed E-state index contributed by atoms with van der Waals surface area (Å²) >= 11 is 0. The first kappa shape index (κ1) is 18.9. The Balaban J connectivity index is -0.000000213. The summed E-state index contributed by atoms with van der Waals surface area (Å²) in [6.07, 6.45) is 0. The van der Waals surface area contributed by atoms with E-state index in [0.29, 0.717) is 5.69 Å². The van der Waals surface area contributed by atoms with Crippen molar-refractivity contribution in [2.45, 2.75) is 0 Å². The van der Waals surface area contributed by atoms with E-state index in [1.54, 1.807) is 12.1 Å². The van der Waals surface area contributed by atoms with Crippen molar-refractivity contribution >= 4 is 12.4 Å². The second-order valence-corrected chi connectivity index (χ2v) is 1.38. The van der Waals surface area contributed by atoms with Gasteiger partial charge in [0, 0.05) is 98.1 Å². The minimum atomic E-state index is 0. The molecule has 1 rings (SSSR count). The number of benzene rings is 1. The van der Waals surface area contributed by atoms with Crippen LogP contribution in [-0.4, -0.2) is 6.72 Å². The predicted octanol–water partition coefficient (Wildman–Crippen LogP) is 1.69. The van der Waals surface area contributed by atoms with Crippen molar-refractivity contribution in [2.75, 3.05) is 0 Å². The first-order valence-electron chi connectivity index (χ1n) is 2.31. The summed E-state index contributed by atoms with van der Waals surface area (Å²) in [5.74, 6) is 0. The Morgan fingerprint density at radius 3 is 2.09 bits per heavy atom. The average Bonchev–Trinajstić information content (AvgIpc) is 1.90. The Labute approximate surface area is 143 Å². The third-order valence-corrected chi connectivity index (χ3v) is 0.832. The van der Waals surface area contributed by atoms with Gasteiger partial charge in [0.15, 0.2) is 0 Å². The zero-order valence-corrected chi connectivity index (χ0v) is 14.6. The minimum Gasteiger partial charge on any atom is -0.485 e. The Hall–Kier alpha value is 2.20. The van der Waals surface area contributed by atoms with Gasteiger partial charge in [-0.25, -0.2) is 11.8 Å². The van der Waals surface area contributed by atoms with Crippen molar-refractivity contribution in [3.8, 4) is 0 Å². The summed E-state index contributed by atoms with van der Waals surface area (Å²) in [7, 11) is 0. The van der Waals surface area contributed by atoms with Gasteiger partial charge in [0.1, 0.15) is 0 Å². The molecule has 0 fully saturated rings. The van der Waals surface area contributed by atoms with E-state index >= 15 is 0 Å². The largest absolute Gasteiger partial charge is 0.485 e. The third-order valence-electron chi connectivity index (χ3n) is 0.832. The smallest absolute Gasteiger partial charge is 0 e. The summed E-state index contributed by atoms with van der Waals surface area (Å²) in [6, 6.07) is 10.1. The second kappa shape index (κ2) is 12.2. The summed E-state index contributed by atoms with van der Waals surface area (Å²) in [5.41, 5.74) is 0.688. The topological polar surface area (TPSA) is 12.4 Å². The first-order chi connectivity index (χ1) is 3.93. The fraction of sp³-hybridized carbons (Fsp3) is 0. The molecule has 0 bridgehead atoms. The number of hydrogen-bond donors (Lipinski definition) is 0. The summed E-state index contributed by atoms with van der Waals surface area (Å²) in [6.45, 7) is 4.94. The second-order valence-electron chi connectivity index (χ2n) is 1.38. The maximum atomic E-state index is 4.94. The van der Waals surface area contributed by atoms with Crippen LogP contribution in [0.4, 0.5) is 5.69 Å². The van der Waals surface area contributed by atoms with Crippen LogP contribution in [0.15, 0.2) is 29.3 Å². The average molecular weight is 370 g/mol. The molecular formula is C7H5NY3-2. The SMILES string of the molecule is [CH-]=Nc1[c-]cccc1.[Y].[Y].[Y]. The van der Waals surface area contributed by atoms with Crippen molar-refractivity contribution in [3.63, 3.8) is 0 Å². The van der Waals surface area contributed by atoms with E-state index in [1.165, 1.54) is 0 Å². The van der Waals surface area contributed by atoms with Crippen LogP contribution in [0.1, 0.15) is 0 Å².